The molecule has 27 heavy (non-hydrogen) atoms. The van der Waals surface area contributed by atoms with E-state index in [1.54, 1.807) is 20.8 Å². The molecular formula is C22H34O5. The first-order valence-electron chi connectivity index (χ1n) is 9.79. The molecule has 152 valence electrons. The van der Waals surface area contributed by atoms with Gasteiger partial charge in [-0.25, -0.2) is 0 Å². The minimum Gasteiger partial charge on any atom is -0.486 e. The summed E-state index contributed by atoms with van der Waals surface area (Å²) in [5.74, 6) is 0.204. The highest BCUT2D eigenvalue weighted by Crippen LogP contribution is 2.24. The number of hydrogen-bond donors (Lipinski definition) is 0. The van der Waals surface area contributed by atoms with E-state index in [9.17, 15) is 9.59 Å². The highest BCUT2D eigenvalue weighted by molar-refractivity contribution is 5.77. The molecule has 0 saturated heterocycles. The van der Waals surface area contributed by atoms with Gasteiger partial charge in [0.25, 0.3) is 0 Å². The summed E-state index contributed by atoms with van der Waals surface area (Å²) in [5, 5.41) is 0. The van der Waals surface area contributed by atoms with Crippen molar-refractivity contribution in [3.05, 3.63) is 30.3 Å². The predicted octanol–water partition coefficient (Wildman–Crippen LogP) is 4.92. The lowest BCUT2D eigenvalue weighted by atomic mass is 9.93. The van der Waals surface area contributed by atoms with Crippen LogP contribution in [0.25, 0.3) is 0 Å². The maximum atomic E-state index is 12.2. The van der Waals surface area contributed by atoms with Crippen molar-refractivity contribution in [1.29, 1.82) is 0 Å². The SMILES string of the molecule is CCC(CC)[C@@H](Oc1ccccc1)[C@H](C)OC(=O)CCC(=O)OC(C)(C)C. The molecule has 5 nitrogen and oxygen atoms in total. The second kappa shape index (κ2) is 11.0. The van der Waals surface area contributed by atoms with Crippen LogP contribution in [0.4, 0.5) is 0 Å². The van der Waals surface area contributed by atoms with Crippen molar-refractivity contribution in [3.8, 4) is 5.75 Å². The normalized spacial score (nSPS) is 13.7. The molecule has 1 aromatic carbocycles. The van der Waals surface area contributed by atoms with Gasteiger partial charge in [-0.15, -0.1) is 0 Å². The van der Waals surface area contributed by atoms with Crippen LogP contribution in [0.5, 0.6) is 5.75 Å². The predicted molar refractivity (Wildman–Crippen MR) is 106 cm³/mol. The molecule has 0 aliphatic carbocycles. The zero-order valence-corrected chi connectivity index (χ0v) is 17.5. The average molecular weight is 379 g/mol. The molecule has 0 heterocycles. The number of esters is 2. The molecule has 0 aromatic heterocycles. The second-order valence-corrected chi connectivity index (χ2v) is 7.75. The number of carbonyl (C=O) groups excluding carboxylic acids is 2. The summed E-state index contributed by atoms with van der Waals surface area (Å²) in [6, 6.07) is 9.55. The Bertz CT molecular complexity index is 572. The van der Waals surface area contributed by atoms with E-state index in [1.165, 1.54) is 0 Å². The molecule has 2 atom stereocenters. The van der Waals surface area contributed by atoms with Crippen molar-refractivity contribution in [2.45, 2.75) is 85.0 Å². The van der Waals surface area contributed by atoms with E-state index in [0.717, 1.165) is 18.6 Å². The molecule has 0 N–H and O–H groups in total. The van der Waals surface area contributed by atoms with Crippen LogP contribution in [0.2, 0.25) is 0 Å². The Balaban J connectivity index is 2.65. The first kappa shape index (κ1) is 23.0. The number of hydrogen-bond acceptors (Lipinski definition) is 5. The van der Waals surface area contributed by atoms with Crippen molar-refractivity contribution >= 4 is 11.9 Å². The third-order valence-electron chi connectivity index (χ3n) is 4.26. The van der Waals surface area contributed by atoms with Crippen molar-refractivity contribution in [2.24, 2.45) is 5.92 Å². The van der Waals surface area contributed by atoms with E-state index in [4.69, 9.17) is 14.2 Å². The molecular weight excluding hydrogens is 344 g/mol. The monoisotopic (exact) mass is 378 g/mol. The van der Waals surface area contributed by atoms with Gasteiger partial charge in [0.1, 0.15) is 23.6 Å². The smallest absolute Gasteiger partial charge is 0.306 e. The molecule has 0 spiro atoms. The zero-order chi connectivity index (χ0) is 20.4. The van der Waals surface area contributed by atoms with Crippen LogP contribution < -0.4 is 4.74 Å². The van der Waals surface area contributed by atoms with Gasteiger partial charge in [-0.05, 0) is 58.6 Å². The Morgan fingerprint density at radius 1 is 0.963 bits per heavy atom. The van der Waals surface area contributed by atoms with Crippen LogP contribution in [0.15, 0.2) is 30.3 Å². The summed E-state index contributed by atoms with van der Waals surface area (Å²) in [7, 11) is 0. The van der Waals surface area contributed by atoms with E-state index in [0.29, 0.717) is 0 Å². The lowest BCUT2D eigenvalue weighted by Crippen LogP contribution is -2.39. The van der Waals surface area contributed by atoms with Gasteiger partial charge in [-0.3, -0.25) is 9.59 Å². The molecule has 1 aromatic rings. The maximum absolute atomic E-state index is 12.2. The minimum atomic E-state index is -0.557. The third-order valence-corrected chi connectivity index (χ3v) is 4.26. The first-order valence-corrected chi connectivity index (χ1v) is 9.79. The van der Waals surface area contributed by atoms with Gasteiger partial charge in [0.05, 0.1) is 12.8 Å². The second-order valence-electron chi connectivity index (χ2n) is 7.75. The maximum Gasteiger partial charge on any atom is 0.306 e. The number of carbonyl (C=O) groups is 2. The van der Waals surface area contributed by atoms with E-state index < -0.39 is 23.6 Å². The van der Waals surface area contributed by atoms with Crippen LogP contribution in [0.3, 0.4) is 0 Å². The van der Waals surface area contributed by atoms with Gasteiger partial charge in [-0.1, -0.05) is 32.0 Å². The van der Waals surface area contributed by atoms with Crippen LogP contribution in [-0.4, -0.2) is 29.7 Å². The van der Waals surface area contributed by atoms with Gasteiger partial charge < -0.3 is 14.2 Å². The summed E-state index contributed by atoms with van der Waals surface area (Å²) < 4.78 is 16.9. The molecule has 0 bridgehead atoms. The van der Waals surface area contributed by atoms with Crippen LogP contribution in [0, 0.1) is 5.92 Å². The Kier molecular flexibility index (Phi) is 9.33. The Labute approximate surface area is 163 Å². The molecule has 0 fully saturated rings. The number of rotatable bonds is 10. The molecule has 5 heteroatoms. The van der Waals surface area contributed by atoms with Gasteiger partial charge in [0.2, 0.25) is 0 Å². The summed E-state index contributed by atoms with van der Waals surface area (Å²) in [5.41, 5.74) is -0.557. The molecule has 0 saturated carbocycles. The summed E-state index contributed by atoms with van der Waals surface area (Å²) in [6.07, 6.45) is 1.20. The summed E-state index contributed by atoms with van der Waals surface area (Å²) in [6.45, 7) is 11.4. The third kappa shape index (κ3) is 8.94. The fourth-order valence-electron chi connectivity index (χ4n) is 2.91. The zero-order valence-electron chi connectivity index (χ0n) is 17.5. The van der Waals surface area contributed by atoms with Crippen molar-refractivity contribution in [1.82, 2.24) is 0 Å². The number of ether oxygens (including phenoxy) is 3. The lowest BCUT2D eigenvalue weighted by Gasteiger charge is -2.31. The van der Waals surface area contributed by atoms with Crippen LogP contribution in [0.1, 0.15) is 67.2 Å². The highest BCUT2D eigenvalue weighted by Gasteiger charge is 2.29. The Hall–Kier alpha value is -2.04. The quantitative estimate of drug-likeness (QED) is 0.541. The van der Waals surface area contributed by atoms with Crippen molar-refractivity contribution in [3.63, 3.8) is 0 Å². The highest BCUT2D eigenvalue weighted by atomic mass is 16.6. The van der Waals surface area contributed by atoms with Crippen molar-refractivity contribution < 1.29 is 23.8 Å². The largest absolute Gasteiger partial charge is 0.486 e. The van der Waals surface area contributed by atoms with E-state index in [-0.39, 0.29) is 24.9 Å². The van der Waals surface area contributed by atoms with Gasteiger partial charge in [0, 0.05) is 0 Å². The molecule has 0 aliphatic heterocycles. The van der Waals surface area contributed by atoms with Crippen molar-refractivity contribution in [2.75, 3.05) is 0 Å². The number of para-hydroxylation sites is 1. The van der Waals surface area contributed by atoms with E-state index in [1.807, 2.05) is 37.3 Å². The van der Waals surface area contributed by atoms with Gasteiger partial charge in [0.15, 0.2) is 0 Å². The minimum absolute atomic E-state index is 0.000225. The molecule has 0 amide bonds. The van der Waals surface area contributed by atoms with E-state index in [2.05, 4.69) is 13.8 Å². The summed E-state index contributed by atoms with van der Waals surface area (Å²) >= 11 is 0. The average Bonchev–Trinajstić information content (AvgIpc) is 2.59. The van der Waals surface area contributed by atoms with Crippen LogP contribution in [-0.2, 0) is 19.1 Å². The molecule has 1 rings (SSSR count). The molecule has 0 aliphatic rings. The van der Waals surface area contributed by atoms with Crippen LogP contribution >= 0.6 is 0 Å². The fourth-order valence-corrected chi connectivity index (χ4v) is 2.91. The molecule has 0 unspecified atom stereocenters. The lowest BCUT2D eigenvalue weighted by molar-refractivity contribution is -0.161. The van der Waals surface area contributed by atoms with Gasteiger partial charge >= 0.3 is 11.9 Å². The topological polar surface area (TPSA) is 61.8 Å². The van der Waals surface area contributed by atoms with E-state index >= 15 is 0 Å². The number of benzene rings is 1. The summed E-state index contributed by atoms with van der Waals surface area (Å²) in [4.78, 5) is 24.0. The Morgan fingerprint density at radius 2 is 1.52 bits per heavy atom. The first-order chi connectivity index (χ1) is 12.7. The standard InChI is InChI=1S/C22H34O5/c1-7-17(8-2)21(26-18-12-10-9-11-13-18)16(3)25-19(23)14-15-20(24)27-22(4,5)6/h9-13,16-17,21H,7-8,14-15H2,1-6H3/t16-,21-/m0/s1. The fraction of sp³-hybridized carbons (Fsp3) is 0.636. The van der Waals surface area contributed by atoms with Gasteiger partial charge in [-0.2, -0.15) is 0 Å². The molecule has 0 radical (unpaired) electrons. The Morgan fingerprint density at radius 3 is 2.04 bits per heavy atom.